The Hall–Kier alpha value is -3.41. The van der Waals surface area contributed by atoms with Crippen molar-refractivity contribution in [1.82, 2.24) is 4.98 Å². The summed E-state index contributed by atoms with van der Waals surface area (Å²) in [6.07, 6.45) is 3.06. The third-order valence-electron chi connectivity index (χ3n) is 3.70. The first-order chi connectivity index (χ1) is 12.1. The second-order valence-electron chi connectivity index (χ2n) is 5.50. The number of aryl methyl sites for hydroxylation is 1. The Labute approximate surface area is 145 Å². The number of nitrogens with one attached hydrogen (secondary N) is 1. The first-order valence-corrected chi connectivity index (χ1v) is 7.71. The fourth-order valence-corrected chi connectivity index (χ4v) is 2.45. The van der Waals surface area contributed by atoms with Crippen LogP contribution < -0.4 is 10.2 Å². The molecule has 0 fully saturated rings. The molecule has 0 saturated heterocycles. The molecule has 0 aliphatic rings. The van der Waals surface area contributed by atoms with Crippen molar-refractivity contribution in [3.8, 4) is 0 Å². The number of hydrogen-bond donors (Lipinski definition) is 1. The molecule has 0 aliphatic carbocycles. The van der Waals surface area contributed by atoms with Crippen molar-refractivity contribution in [1.29, 1.82) is 0 Å². The fourth-order valence-electron chi connectivity index (χ4n) is 2.45. The lowest BCUT2D eigenvalue weighted by Gasteiger charge is -2.19. The Balaban J connectivity index is 1.87. The van der Waals surface area contributed by atoms with Gasteiger partial charge in [0, 0.05) is 24.6 Å². The van der Waals surface area contributed by atoms with E-state index in [4.69, 9.17) is 4.42 Å². The molecular weight excluding hydrogens is 318 g/mol. The highest BCUT2D eigenvalue weighted by molar-refractivity contribution is 6.12. The van der Waals surface area contributed by atoms with Gasteiger partial charge in [0.1, 0.15) is 0 Å². The summed E-state index contributed by atoms with van der Waals surface area (Å²) in [5, 5.41) is 2.83. The zero-order valence-corrected chi connectivity index (χ0v) is 13.9. The van der Waals surface area contributed by atoms with Crippen molar-refractivity contribution >= 4 is 23.2 Å². The first kappa shape index (κ1) is 16.4. The number of nitrogens with zero attached hydrogens (tertiary/aromatic N) is 2. The van der Waals surface area contributed by atoms with E-state index in [2.05, 4.69) is 10.3 Å². The highest BCUT2D eigenvalue weighted by Crippen LogP contribution is 2.22. The molecule has 126 valence electrons. The van der Waals surface area contributed by atoms with Gasteiger partial charge in [-0.2, -0.15) is 0 Å². The molecule has 1 N–H and O–H groups in total. The zero-order valence-electron chi connectivity index (χ0n) is 13.9. The van der Waals surface area contributed by atoms with Crippen LogP contribution in [-0.4, -0.2) is 23.8 Å². The van der Waals surface area contributed by atoms with Gasteiger partial charge in [-0.05, 0) is 43.3 Å². The number of amides is 2. The van der Waals surface area contributed by atoms with Gasteiger partial charge >= 0.3 is 0 Å². The number of benzene rings is 1. The molecule has 0 radical (unpaired) electrons. The first-order valence-electron chi connectivity index (χ1n) is 7.71. The monoisotopic (exact) mass is 335 g/mol. The molecule has 0 saturated carbocycles. The van der Waals surface area contributed by atoms with Crippen LogP contribution in [0, 0.1) is 6.92 Å². The number of hydrogen-bond acceptors (Lipinski definition) is 4. The average molecular weight is 335 g/mol. The molecule has 0 spiro atoms. The number of pyridine rings is 1. The molecule has 0 unspecified atom stereocenters. The molecule has 0 atom stereocenters. The highest BCUT2D eigenvalue weighted by Gasteiger charge is 2.21. The van der Waals surface area contributed by atoms with E-state index in [0.29, 0.717) is 16.9 Å². The van der Waals surface area contributed by atoms with Crippen molar-refractivity contribution in [2.75, 3.05) is 17.3 Å². The molecular formula is C19H17N3O3. The summed E-state index contributed by atoms with van der Waals surface area (Å²) in [6, 6.07) is 13.6. The van der Waals surface area contributed by atoms with Crippen LogP contribution in [0.2, 0.25) is 0 Å². The summed E-state index contributed by atoms with van der Waals surface area (Å²) in [5.41, 5.74) is 2.33. The molecule has 6 heteroatoms. The number of para-hydroxylation sites is 1. The quantitative estimate of drug-likeness (QED) is 0.791. The lowest BCUT2D eigenvalue weighted by molar-refractivity contribution is 0.0966. The predicted molar refractivity (Wildman–Crippen MR) is 94.8 cm³/mol. The average Bonchev–Trinajstić information content (AvgIpc) is 3.15. The van der Waals surface area contributed by atoms with Crippen molar-refractivity contribution < 1.29 is 14.0 Å². The number of aromatic nitrogens is 1. The lowest BCUT2D eigenvalue weighted by atomic mass is 10.1. The van der Waals surface area contributed by atoms with Crippen LogP contribution >= 0.6 is 0 Å². The smallest absolute Gasteiger partial charge is 0.293 e. The standard InChI is InChI=1S/C19H17N3O3/c1-13-12-14(9-10-20-13)21-18(23)15-6-3-4-7-16(15)22(2)19(24)17-8-5-11-25-17/h3-12H,1-2H3,(H,20,21,23). The summed E-state index contributed by atoms with van der Waals surface area (Å²) in [7, 11) is 1.60. The fraction of sp³-hybridized carbons (Fsp3) is 0.105. The van der Waals surface area contributed by atoms with Crippen LogP contribution in [0.15, 0.2) is 65.4 Å². The SMILES string of the molecule is Cc1cc(NC(=O)c2ccccc2N(C)C(=O)c2ccco2)ccn1. The van der Waals surface area contributed by atoms with Gasteiger partial charge in [-0.15, -0.1) is 0 Å². The summed E-state index contributed by atoms with van der Waals surface area (Å²) in [4.78, 5) is 30.6. The number of anilines is 2. The number of carbonyl (C=O) groups excluding carboxylic acids is 2. The molecule has 25 heavy (non-hydrogen) atoms. The van der Waals surface area contributed by atoms with Crippen LogP contribution in [0.1, 0.15) is 26.6 Å². The van der Waals surface area contributed by atoms with Gasteiger partial charge in [0.2, 0.25) is 0 Å². The van der Waals surface area contributed by atoms with E-state index >= 15 is 0 Å². The van der Waals surface area contributed by atoms with Gasteiger partial charge < -0.3 is 14.6 Å². The van der Waals surface area contributed by atoms with Crippen LogP contribution in [0.4, 0.5) is 11.4 Å². The Morgan fingerprint density at radius 3 is 2.64 bits per heavy atom. The lowest BCUT2D eigenvalue weighted by Crippen LogP contribution is -2.28. The molecule has 3 aromatic rings. The molecule has 2 amide bonds. The van der Waals surface area contributed by atoms with Crippen molar-refractivity contribution in [2.45, 2.75) is 6.92 Å². The molecule has 2 aromatic heterocycles. The van der Waals surface area contributed by atoms with E-state index in [1.807, 2.05) is 6.92 Å². The molecule has 1 aromatic carbocycles. The van der Waals surface area contributed by atoms with Crippen LogP contribution in [0.3, 0.4) is 0 Å². The summed E-state index contributed by atoms with van der Waals surface area (Å²) in [5.74, 6) is -0.423. The third-order valence-corrected chi connectivity index (χ3v) is 3.70. The van der Waals surface area contributed by atoms with Gasteiger partial charge in [0.15, 0.2) is 5.76 Å². The largest absolute Gasteiger partial charge is 0.459 e. The molecule has 6 nitrogen and oxygen atoms in total. The van der Waals surface area contributed by atoms with Gasteiger partial charge in [0.05, 0.1) is 17.5 Å². The van der Waals surface area contributed by atoms with E-state index < -0.39 is 0 Å². The Kier molecular flexibility index (Phi) is 4.61. The van der Waals surface area contributed by atoms with E-state index in [9.17, 15) is 9.59 Å². The predicted octanol–water partition coefficient (Wildman–Crippen LogP) is 3.51. The van der Waals surface area contributed by atoms with Gasteiger partial charge in [0.25, 0.3) is 11.8 Å². The number of furan rings is 1. The summed E-state index contributed by atoms with van der Waals surface area (Å²) in [6.45, 7) is 1.85. The van der Waals surface area contributed by atoms with Gasteiger partial charge in [-0.25, -0.2) is 0 Å². The normalized spacial score (nSPS) is 10.3. The van der Waals surface area contributed by atoms with E-state index in [1.165, 1.54) is 11.2 Å². The minimum Gasteiger partial charge on any atom is -0.459 e. The van der Waals surface area contributed by atoms with Crippen LogP contribution in [0.5, 0.6) is 0 Å². The van der Waals surface area contributed by atoms with Crippen molar-refractivity contribution in [2.24, 2.45) is 0 Å². The highest BCUT2D eigenvalue weighted by atomic mass is 16.3. The Bertz CT molecular complexity index is 904. The molecule has 0 aliphatic heterocycles. The third kappa shape index (κ3) is 3.58. The molecule has 3 rings (SSSR count). The maximum atomic E-state index is 12.7. The second-order valence-corrected chi connectivity index (χ2v) is 5.50. The second kappa shape index (κ2) is 7.00. The maximum Gasteiger partial charge on any atom is 0.293 e. The summed E-state index contributed by atoms with van der Waals surface area (Å²) >= 11 is 0. The number of carbonyl (C=O) groups is 2. The summed E-state index contributed by atoms with van der Waals surface area (Å²) < 4.78 is 5.15. The van der Waals surface area contributed by atoms with Crippen molar-refractivity contribution in [3.05, 3.63) is 78.0 Å². The van der Waals surface area contributed by atoms with E-state index in [-0.39, 0.29) is 17.6 Å². The zero-order chi connectivity index (χ0) is 17.8. The number of rotatable bonds is 4. The topological polar surface area (TPSA) is 75.4 Å². The minimum atomic E-state index is -0.329. The molecule has 2 heterocycles. The van der Waals surface area contributed by atoms with Crippen LogP contribution in [0.25, 0.3) is 0 Å². The van der Waals surface area contributed by atoms with E-state index in [1.54, 1.807) is 61.8 Å². The molecule has 0 bridgehead atoms. The maximum absolute atomic E-state index is 12.7. The van der Waals surface area contributed by atoms with Crippen molar-refractivity contribution in [3.63, 3.8) is 0 Å². The van der Waals surface area contributed by atoms with Gasteiger partial charge in [-0.3, -0.25) is 14.6 Å². The Morgan fingerprint density at radius 2 is 1.92 bits per heavy atom. The Morgan fingerprint density at radius 1 is 1.12 bits per heavy atom. The minimum absolute atomic E-state index is 0.211. The van der Waals surface area contributed by atoms with Gasteiger partial charge in [-0.1, -0.05) is 12.1 Å². The van der Waals surface area contributed by atoms with E-state index in [0.717, 1.165) is 5.69 Å². The van der Waals surface area contributed by atoms with Crippen LogP contribution in [-0.2, 0) is 0 Å².